The highest BCUT2D eigenvalue weighted by Gasteiger charge is 2.66. The van der Waals surface area contributed by atoms with E-state index >= 15 is 4.79 Å². The van der Waals surface area contributed by atoms with Crippen molar-refractivity contribution in [1.82, 2.24) is 4.90 Å². The molecule has 0 aliphatic carbocycles. The molecular formula is C45H53N3O11Si. The smallest absolute Gasteiger partial charge is 0.264 e. The number of nitrogens with one attached hydrogen (secondary N) is 1. The zero-order valence-corrected chi connectivity index (χ0v) is 35.0. The van der Waals surface area contributed by atoms with E-state index in [1.54, 1.807) is 41.2 Å². The van der Waals surface area contributed by atoms with Crippen LogP contribution in [0, 0.1) is 5.92 Å². The average molecular weight is 840 g/mol. The molecule has 0 saturated carbocycles. The first-order chi connectivity index (χ1) is 28.7. The summed E-state index contributed by atoms with van der Waals surface area (Å²) in [6.07, 6.45) is -9.45. The molecule has 7 rings (SSSR count). The molecule has 0 unspecified atom stereocenters. The number of hydrogen-bond donors (Lipinski definition) is 6. The number of hydrogen-bond acceptors (Lipinski definition) is 11. The van der Waals surface area contributed by atoms with Crippen molar-refractivity contribution in [3.63, 3.8) is 0 Å². The van der Waals surface area contributed by atoms with Gasteiger partial charge in [-0.15, -0.1) is 0 Å². The van der Waals surface area contributed by atoms with E-state index in [0.29, 0.717) is 17.9 Å². The number of anilines is 2. The minimum Gasteiger partial charge on any atom is -0.497 e. The SMILES string of the molecule is COc1ccc([Si](C)(C)[C@H]2[C@H](CC(=O)N(CCO)Cc3ccccc3)O[C@@]3(C(=O)N(Cc4ccc(NC(=O)[C@H]5O[C@@H](O)[C@H](O)[C@@H](O)[C@@H]5O)cc4)c4ccccc43)[C@@H]2C)cc1. The molecule has 2 fully saturated rings. The van der Waals surface area contributed by atoms with E-state index in [2.05, 4.69) is 37.5 Å². The highest BCUT2D eigenvalue weighted by molar-refractivity contribution is 6.91. The highest BCUT2D eigenvalue weighted by Crippen LogP contribution is 2.60. The lowest BCUT2D eigenvalue weighted by Crippen LogP contribution is -2.60. The number of fused-ring (bicyclic) bond motifs is 2. The fraction of sp³-hybridized carbons (Fsp3) is 0.400. The summed E-state index contributed by atoms with van der Waals surface area (Å²) in [7, 11) is -0.940. The molecule has 3 amide bonds. The predicted octanol–water partition coefficient (Wildman–Crippen LogP) is 2.61. The fourth-order valence-corrected chi connectivity index (χ4v) is 13.3. The Morgan fingerprint density at radius 1 is 0.867 bits per heavy atom. The van der Waals surface area contributed by atoms with Crippen molar-refractivity contribution in [2.45, 2.75) is 87.5 Å². The molecule has 60 heavy (non-hydrogen) atoms. The van der Waals surface area contributed by atoms with Crippen molar-refractivity contribution in [2.75, 3.05) is 30.5 Å². The monoisotopic (exact) mass is 839 g/mol. The number of carbonyl (C=O) groups excluding carboxylic acids is 3. The number of nitrogens with zero attached hydrogens (tertiary/aromatic N) is 2. The van der Waals surface area contributed by atoms with Crippen LogP contribution in [0.2, 0.25) is 18.6 Å². The van der Waals surface area contributed by atoms with Gasteiger partial charge in [0.05, 0.1) is 46.5 Å². The van der Waals surface area contributed by atoms with Crippen molar-refractivity contribution in [3.8, 4) is 5.75 Å². The Kier molecular flexibility index (Phi) is 12.6. The number of para-hydroxylation sites is 1. The Morgan fingerprint density at radius 2 is 1.53 bits per heavy atom. The lowest BCUT2D eigenvalue weighted by molar-refractivity contribution is -0.274. The normalized spacial score (nSPS) is 27.5. The van der Waals surface area contributed by atoms with Crippen molar-refractivity contribution in [1.29, 1.82) is 0 Å². The Morgan fingerprint density at radius 3 is 2.20 bits per heavy atom. The van der Waals surface area contributed by atoms with E-state index in [0.717, 1.165) is 27.6 Å². The number of aliphatic hydroxyl groups excluding tert-OH is 5. The van der Waals surface area contributed by atoms with Gasteiger partial charge < -0.3 is 54.9 Å². The molecule has 3 heterocycles. The quantitative estimate of drug-likeness (QED) is 0.108. The van der Waals surface area contributed by atoms with Crippen molar-refractivity contribution < 1.29 is 54.1 Å². The van der Waals surface area contributed by atoms with Gasteiger partial charge in [-0.1, -0.05) is 98.0 Å². The number of ether oxygens (including phenoxy) is 3. The van der Waals surface area contributed by atoms with Gasteiger partial charge in [0.25, 0.3) is 11.8 Å². The fourth-order valence-electron chi connectivity index (χ4n) is 9.31. The highest BCUT2D eigenvalue weighted by atomic mass is 28.3. The van der Waals surface area contributed by atoms with E-state index in [1.807, 2.05) is 66.7 Å². The zero-order valence-electron chi connectivity index (χ0n) is 34.0. The van der Waals surface area contributed by atoms with Crippen molar-refractivity contribution >= 4 is 42.4 Å². The molecule has 9 atom stereocenters. The van der Waals surface area contributed by atoms with E-state index in [4.69, 9.17) is 14.2 Å². The molecule has 0 aromatic heterocycles. The lowest BCUT2D eigenvalue weighted by atomic mass is 9.82. The van der Waals surface area contributed by atoms with E-state index in [9.17, 15) is 35.1 Å². The molecule has 0 radical (unpaired) electrons. The number of rotatable bonds is 13. The second kappa shape index (κ2) is 17.6. The Labute approximate surface area is 349 Å². The van der Waals surface area contributed by atoms with Crippen LogP contribution >= 0.6 is 0 Å². The second-order valence-electron chi connectivity index (χ2n) is 16.4. The number of aliphatic hydroxyl groups is 5. The van der Waals surface area contributed by atoms with Gasteiger partial charge in [0.1, 0.15) is 24.1 Å². The standard InChI is InChI=1S/C45H53N3O11Si/c1-27-41(60(3,4)32-20-18-31(57-2)19-21-32)35(24-36(50)47(22-23-49)25-28-10-6-5-7-11-28)59-45(27)33-12-8-9-13-34(33)48(44(45)56)26-29-14-16-30(17-15-29)46-42(54)40-38(52)37(51)39(53)43(55)58-40/h5-21,27,35,37-41,43,49,51-53,55H,22-26H2,1-4H3,(H,46,54)/t27-,35+,37+,38+,39-,40+,41-,43-,45+/m1/s1. The first-order valence-electron chi connectivity index (χ1n) is 20.1. The molecule has 15 heteroatoms. The predicted molar refractivity (Wildman–Crippen MR) is 225 cm³/mol. The number of carbonyl (C=O) groups is 3. The number of benzene rings is 4. The van der Waals surface area contributed by atoms with Gasteiger partial charge in [0.15, 0.2) is 18.0 Å². The van der Waals surface area contributed by atoms with Crippen LogP contribution in [0.15, 0.2) is 103 Å². The third-order valence-electron chi connectivity index (χ3n) is 12.5. The van der Waals surface area contributed by atoms with Crippen LogP contribution in [-0.2, 0) is 42.5 Å². The van der Waals surface area contributed by atoms with Crippen LogP contribution in [0.25, 0.3) is 0 Å². The zero-order chi connectivity index (χ0) is 42.9. The summed E-state index contributed by atoms with van der Waals surface area (Å²) in [6.45, 7) is 7.00. The van der Waals surface area contributed by atoms with Gasteiger partial charge in [0, 0.05) is 30.3 Å². The van der Waals surface area contributed by atoms with Gasteiger partial charge >= 0.3 is 0 Å². The van der Waals surface area contributed by atoms with Crippen LogP contribution in [0.4, 0.5) is 11.4 Å². The van der Waals surface area contributed by atoms with Gasteiger partial charge in [0.2, 0.25) is 5.91 Å². The molecule has 2 saturated heterocycles. The summed E-state index contributed by atoms with van der Waals surface area (Å²) in [5, 5.41) is 53.7. The number of amides is 3. The minimum absolute atomic E-state index is 0.0141. The maximum Gasteiger partial charge on any atom is 0.264 e. The maximum absolute atomic E-state index is 15.2. The summed E-state index contributed by atoms with van der Waals surface area (Å²) < 4.78 is 17.7. The Bertz CT molecular complexity index is 2160. The molecule has 4 aromatic rings. The minimum atomic E-state index is -2.56. The molecule has 0 bridgehead atoms. The van der Waals surface area contributed by atoms with E-state index < -0.39 is 56.4 Å². The summed E-state index contributed by atoms with van der Waals surface area (Å²) in [5.74, 6) is -0.879. The summed E-state index contributed by atoms with van der Waals surface area (Å²) >= 11 is 0. The van der Waals surface area contributed by atoms with E-state index in [1.165, 1.54) is 0 Å². The van der Waals surface area contributed by atoms with Crippen molar-refractivity contribution in [2.24, 2.45) is 5.92 Å². The Balaban J connectivity index is 1.17. The van der Waals surface area contributed by atoms with Crippen LogP contribution in [0.1, 0.15) is 30.0 Å². The van der Waals surface area contributed by atoms with Gasteiger partial charge in [-0.05, 0) is 47.0 Å². The molecule has 1 spiro atoms. The molecule has 6 N–H and O–H groups in total. The molecular weight excluding hydrogens is 787 g/mol. The number of methoxy groups -OCH3 is 1. The van der Waals surface area contributed by atoms with Crippen LogP contribution in [0.3, 0.4) is 0 Å². The third-order valence-corrected chi connectivity index (χ3v) is 16.8. The first kappa shape index (κ1) is 43.1. The molecule has 4 aromatic carbocycles. The van der Waals surface area contributed by atoms with E-state index in [-0.39, 0.29) is 49.4 Å². The molecule has 3 aliphatic heterocycles. The molecule has 318 valence electrons. The summed E-state index contributed by atoms with van der Waals surface area (Å²) in [4.78, 5) is 45.9. The summed E-state index contributed by atoms with van der Waals surface area (Å²) in [6, 6.07) is 31.9. The van der Waals surface area contributed by atoms with Crippen LogP contribution < -0.4 is 20.1 Å². The van der Waals surface area contributed by atoms with Gasteiger partial charge in [-0.3, -0.25) is 14.4 Å². The average Bonchev–Trinajstić information content (AvgIpc) is 3.67. The lowest BCUT2D eigenvalue weighted by Gasteiger charge is -2.37. The molecule has 3 aliphatic rings. The summed E-state index contributed by atoms with van der Waals surface area (Å²) in [5.41, 5.74) is 1.82. The third kappa shape index (κ3) is 7.99. The van der Waals surface area contributed by atoms with Crippen LogP contribution in [-0.4, -0.2) is 113 Å². The van der Waals surface area contributed by atoms with Crippen molar-refractivity contribution in [3.05, 3.63) is 120 Å². The van der Waals surface area contributed by atoms with Gasteiger partial charge in [-0.25, -0.2) is 0 Å². The van der Waals surface area contributed by atoms with Crippen LogP contribution in [0.5, 0.6) is 5.75 Å². The Hall–Kier alpha value is -4.97. The van der Waals surface area contributed by atoms with Gasteiger partial charge in [-0.2, -0.15) is 0 Å². The second-order valence-corrected chi connectivity index (χ2v) is 21.1. The maximum atomic E-state index is 15.2. The molecule has 14 nitrogen and oxygen atoms in total. The first-order valence-corrected chi connectivity index (χ1v) is 23.2. The topological polar surface area (TPSA) is 199 Å². The largest absolute Gasteiger partial charge is 0.497 e.